The molecular formula is C6H6BF2N. The molecule has 4 heteroatoms. The molecule has 0 atom stereocenters. The summed E-state index contributed by atoms with van der Waals surface area (Å²) >= 11 is 0. The van der Waals surface area contributed by atoms with E-state index < -0.39 is 7.27 Å². The predicted octanol–water partition coefficient (Wildman–Crippen LogP) is 0.903. The zero-order valence-electron chi connectivity index (χ0n) is 5.22. The molecule has 0 fully saturated rings. The number of nitrogens with two attached hydrogens (primary N) is 1. The second-order valence-electron chi connectivity index (χ2n) is 1.97. The molecule has 0 bridgehead atoms. The van der Waals surface area contributed by atoms with E-state index in [-0.39, 0.29) is 5.46 Å². The second-order valence-corrected chi connectivity index (χ2v) is 1.97. The zero-order valence-corrected chi connectivity index (χ0v) is 5.22. The fraction of sp³-hybridized carbons (Fsp3) is 0. The Labute approximate surface area is 58.0 Å². The van der Waals surface area contributed by atoms with Crippen molar-refractivity contribution in [1.82, 2.24) is 0 Å². The van der Waals surface area contributed by atoms with Crippen molar-refractivity contribution in [2.24, 2.45) is 0 Å². The number of anilines is 1. The van der Waals surface area contributed by atoms with Crippen LogP contribution in [-0.2, 0) is 0 Å². The largest absolute Gasteiger partial charge is 0.571 e. The van der Waals surface area contributed by atoms with Crippen LogP contribution in [-0.4, -0.2) is 7.27 Å². The predicted molar refractivity (Wildman–Crippen MR) is 38.5 cm³/mol. The molecule has 0 aliphatic carbocycles. The lowest BCUT2D eigenvalue weighted by atomic mass is 9.86. The van der Waals surface area contributed by atoms with Gasteiger partial charge in [-0.2, -0.15) is 0 Å². The van der Waals surface area contributed by atoms with Gasteiger partial charge in [0.05, 0.1) is 0 Å². The summed E-state index contributed by atoms with van der Waals surface area (Å²) in [6.07, 6.45) is 0. The van der Waals surface area contributed by atoms with Crippen LogP contribution in [0.5, 0.6) is 0 Å². The molecule has 0 aromatic heterocycles. The van der Waals surface area contributed by atoms with E-state index in [1.54, 1.807) is 0 Å². The van der Waals surface area contributed by atoms with Crippen molar-refractivity contribution >= 4 is 18.4 Å². The Kier molecular flexibility index (Phi) is 1.90. The Balaban J connectivity index is 2.89. The third-order valence-electron chi connectivity index (χ3n) is 1.19. The minimum Gasteiger partial charge on any atom is -0.399 e. The van der Waals surface area contributed by atoms with E-state index in [9.17, 15) is 8.63 Å². The molecule has 1 nitrogen and oxygen atoms in total. The van der Waals surface area contributed by atoms with Crippen LogP contribution in [0, 0.1) is 0 Å². The van der Waals surface area contributed by atoms with Gasteiger partial charge in [0.25, 0.3) is 0 Å². The van der Waals surface area contributed by atoms with Crippen molar-refractivity contribution < 1.29 is 8.63 Å². The minimum atomic E-state index is -2.40. The average molecular weight is 141 g/mol. The molecule has 0 aliphatic heterocycles. The van der Waals surface area contributed by atoms with Crippen LogP contribution >= 0.6 is 0 Å². The Morgan fingerprint density at radius 3 is 2.00 bits per heavy atom. The summed E-state index contributed by atoms with van der Waals surface area (Å²) in [7, 11) is -2.40. The number of hydrogen-bond donors (Lipinski definition) is 1. The zero-order chi connectivity index (χ0) is 7.56. The monoisotopic (exact) mass is 141 g/mol. The maximum atomic E-state index is 11.9. The van der Waals surface area contributed by atoms with Gasteiger partial charge in [0.15, 0.2) is 0 Å². The van der Waals surface area contributed by atoms with Crippen molar-refractivity contribution in [2.45, 2.75) is 0 Å². The lowest BCUT2D eigenvalue weighted by Gasteiger charge is -1.94. The van der Waals surface area contributed by atoms with Gasteiger partial charge in [-0.15, -0.1) is 0 Å². The Hall–Kier alpha value is -1.06. The van der Waals surface area contributed by atoms with E-state index in [1.165, 1.54) is 24.3 Å². The number of halogens is 2. The summed E-state index contributed by atoms with van der Waals surface area (Å²) in [5.74, 6) is 0. The number of benzene rings is 1. The highest BCUT2D eigenvalue weighted by atomic mass is 19.2. The molecule has 0 radical (unpaired) electrons. The van der Waals surface area contributed by atoms with Crippen LogP contribution in [0.2, 0.25) is 0 Å². The smallest absolute Gasteiger partial charge is 0.399 e. The van der Waals surface area contributed by atoms with Crippen molar-refractivity contribution in [2.75, 3.05) is 5.73 Å². The highest BCUT2D eigenvalue weighted by molar-refractivity contribution is 6.59. The van der Waals surface area contributed by atoms with Crippen molar-refractivity contribution in [1.29, 1.82) is 0 Å². The standard InChI is InChI=1S/C6H6BF2N/c8-7(9)5-1-3-6(10)4-2-5/h1-4H,10H2. The van der Waals surface area contributed by atoms with Gasteiger partial charge < -0.3 is 5.73 Å². The number of hydrogen-bond acceptors (Lipinski definition) is 1. The average Bonchev–Trinajstić information content (AvgIpc) is 1.88. The Morgan fingerprint density at radius 1 is 1.10 bits per heavy atom. The van der Waals surface area contributed by atoms with Crippen LogP contribution in [0.4, 0.5) is 14.3 Å². The molecule has 0 amide bonds. The molecule has 0 saturated heterocycles. The van der Waals surface area contributed by atoms with Gasteiger partial charge in [0, 0.05) is 5.69 Å². The van der Waals surface area contributed by atoms with Crippen LogP contribution in [0.3, 0.4) is 0 Å². The van der Waals surface area contributed by atoms with E-state index in [2.05, 4.69) is 0 Å². The normalized spacial score (nSPS) is 9.40. The van der Waals surface area contributed by atoms with Crippen LogP contribution in [0.1, 0.15) is 0 Å². The molecule has 52 valence electrons. The van der Waals surface area contributed by atoms with Gasteiger partial charge in [-0.05, 0) is 17.6 Å². The molecule has 0 unspecified atom stereocenters. The van der Waals surface area contributed by atoms with Gasteiger partial charge in [-0.25, -0.2) is 0 Å². The van der Waals surface area contributed by atoms with Crippen LogP contribution < -0.4 is 11.2 Å². The molecule has 1 aromatic carbocycles. The molecule has 10 heavy (non-hydrogen) atoms. The first-order valence-electron chi connectivity index (χ1n) is 2.84. The van der Waals surface area contributed by atoms with Crippen LogP contribution in [0.15, 0.2) is 24.3 Å². The van der Waals surface area contributed by atoms with Gasteiger partial charge in [-0.1, -0.05) is 12.1 Å². The third kappa shape index (κ3) is 1.46. The third-order valence-corrected chi connectivity index (χ3v) is 1.19. The molecule has 1 rings (SSSR count). The maximum Gasteiger partial charge on any atom is 0.571 e. The van der Waals surface area contributed by atoms with E-state index in [1.807, 2.05) is 0 Å². The van der Waals surface area contributed by atoms with Crippen LogP contribution in [0.25, 0.3) is 0 Å². The summed E-state index contributed by atoms with van der Waals surface area (Å²) in [5.41, 5.74) is 5.79. The molecular weight excluding hydrogens is 135 g/mol. The minimum absolute atomic E-state index is 0.00852. The lowest BCUT2D eigenvalue weighted by Crippen LogP contribution is -2.19. The number of nitrogen functional groups attached to an aromatic ring is 1. The molecule has 0 saturated carbocycles. The topological polar surface area (TPSA) is 26.0 Å². The summed E-state index contributed by atoms with van der Waals surface area (Å²) in [6.45, 7) is 0. The molecule has 2 N–H and O–H groups in total. The Bertz CT molecular complexity index is 209. The van der Waals surface area contributed by atoms with E-state index in [0.29, 0.717) is 5.69 Å². The number of rotatable bonds is 1. The first kappa shape index (κ1) is 7.06. The molecule has 0 heterocycles. The first-order valence-corrected chi connectivity index (χ1v) is 2.84. The van der Waals surface area contributed by atoms with Crippen molar-refractivity contribution in [3.63, 3.8) is 0 Å². The van der Waals surface area contributed by atoms with E-state index in [0.717, 1.165) is 0 Å². The van der Waals surface area contributed by atoms with Crippen molar-refractivity contribution in [3.8, 4) is 0 Å². The first-order chi connectivity index (χ1) is 4.70. The quantitative estimate of drug-likeness (QED) is 0.456. The molecule has 0 aliphatic rings. The van der Waals surface area contributed by atoms with Gasteiger partial charge in [0.1, 0.15) is 0 Å². The highest BCUT2D eigenvalue weighted by Gasteiger charge is 2.14. The SMILES string of the molecule is Nc1ccc(B(F)F)cc1. The fourth-order valence-corrected chi connectivity index (χ4v) is 0.641. The summed E-state index contributed by atoms with van der Waals surface area (Å²) in [6, 6.07) is 5.56. The maximum absolute atomic E-state index is 11.9. The van der Waals surface area contributed by atoms with Gasteiger partial charge >= 0.3 is 7.27 Å². The highest BCUT2D eigenvalue weighted by Crippen LogP contribution is 1.98. The summed E-state index contributed by atoms with van der Waals surface area (Å²) in [5, 5.41) is 0. The van der Waals surface area contributed by atoms with Crippen molar-refractivity contribution in [3.05, 3.63) is 24.3 Å². The molecule has 0 spiro atoms. The molecule has 1 aromatic rings. The second kappa shape index (κ2) is 2.69. The van der Waals surface area contributed by atoms with Gasteiger partial charge in [-0.3, -0.25) is 8.63 Å². The fourth-order valence-electron chi connectivity index (χ4n) is 0.641. The summed E-state index contributed by atoms with van der Waals surface area (Å²) in [4.78, 5) is 0. The summed E-state index contributed by atoms with van der Waals surface area (Å²) < 4.78 is 23.7. The van der Waals surface area contributed by atoms with E-state index >= 15 is 0 Å². The Morgan fingerprint density at radius 2 is 1.60 bits per heavy atom. The van der Waals surface area contributed by atoms with Gasteiger partial charge in [0.2, 0.25) is 0 Å². The van der Waals surface area contributed by atoms with E-state index in [4.69, 9.17) is 5.73 Å². The lowest BCUT2D eigenvalue weighted by molar-refractivity contribution is 0.685.